The number of primary amides is 1. The van der Waals surface area contributed by atoms with Gasteiger partial charge in [0.05, 0.1) is 5.69 Å². The van der Waals surface area contributed by atoms with E-state index >= 15 is 0 Å². The van der Waals surface area contributed by atoms with Crippen LogP contribution in [0.1, 0.15) is 5.56 Å². The van der Waals surface area contributed by atoms with Crippen molar-refractivity contribution in [3.63, 3.8) is 0 Å². The van der Waals surface area contributed by atoms with E-state index in [4.69, 9.17) is 5.73 Å². The van der Waals surface area contributed by atoms with Crippen LogP contribution < -0.4 is 10.7 Å². The fourth-order valence-electron chi connectivity index (χ4n) is 1.58. The van der Waals surface area contributed by atoms with E-state index in [1.165, 1.54) is 5.01 Å². The highest BCUT2D eigenvalue weighted by atomic mass is 16.2. The quantitative estimate of drug-likeness (QED) is 0.633. The molecule has 0 atom stereocenters. The summed E-state index contributed by atoms with van der Waals surface area (Å²) in [6, 6.07) is 7.99. The highest BCUT2D eigenvalue weighted by Gasteiger charge is 2.27. The predicted octanol–water partition coefficient (Wildman–Crippen LogP) is 0.732. The number of carbonyl (C=O) groups is 1. The van der Waals surface area contributed by atoms with Crippen LogP contribution in [0, 0.1) is 6.07 Å². The van der Waals surface area contributed by atoms with Crippen molar-refractivity contribution in [2.75, 3.05) is 12.1 Å². The number of rotatable bonds is 0. The molecule has 0 spiro atoms. The molecule has 1 aromatic carbocycles. The van der Waals surface area contributed by atoms with Gasteiger partial charge in [-0.3, -0.25) is 0 Å². The number of fused-ring (bicyclic) bond motifs is 1. The van der Waals surface area contributed by atoms with Crippen LogP contribution in [-0.2, 0) is 6.54 Å². The zero-order valence-electron chi connectivity index (χ0n) is 7.32. The van der Waals surface area contributed by atoms with Gasteiger partial charge in [-0.1, -0.05) is 6.07 Å². The summed E-state index contributed by atoms with van der Waals surface area (Å²) in [6.45, 7) is 0.704. The van der Waals surface area contributed by atoms with Crippen LogP contribution in [-0.4, -0.2) is 18.1 Å². The van der Waals surface area contributed by atoms with Crippen LogP contribution in [0.2, 0.25) is 0 Å². The molecule has 0 fully saturated rings. The number of hydrogen-bond donors (Lipinski definition) is 1. The Morgan fingerprint density at radius 3 is 3.15 bits per heavy atom. The summed E-state index contributed by atoms with van der Waals surface area (Å²) in [5, 5.41) is 3.24. The van der Waals surface area contributed by atoms with Gasteiger partial charge < -0.3 is 5.73 Å². The monoisotopic (exact) mass is 176 g/mol. The molecule has 1 radical (unpaired) electrons. The molecular weight excluding hydrogens is 166 g/mol. The van der Waals surface area contributed by atoms with Crippen LogP contribution >= 0.6 is 0 Å². The van der Waals surface area contributed by atoms with Crippen molar-refractivity contribution >= 4 is 11.7 Å². The number of hydrogen-bond acceptors (Lipinski definition) is 2. The average molecular weight is 176 g/mol. The van der Waals surface area contributed by atoms with Gasteiger partial charge in [0, 0.05) is 13.6 Å². The van der Waals surface area contributed by atoms with Gasteiger partial charge in [-0.2, -0.15) is 0 Å². The number of nitrogens with two attached hydrogens (primary N) is 1. The largest absolute Gasteiger partial charge is 0.350 e. The van der Waals surface area contributed by atoms with Gasteiger partial charge in [-0.15, -0.1) is 0 Å². The first-order valence-corrected chi connectivity index (χ1v) is 4.00. The SMILES string of the molecule is CN1Cc2c[c]ccc2N1C(N)=O. The van der Waals surface area contributed by atoms with Gasteiger partial charge in [-0.05, 0) is 23.8 Å². The molecule has 2 N–H and O–H groups in total. The van der Waals surface area contributed by atoms with Crippen molar-refractivity contribution in [1.82, 2.24) is 5.01 Å². The summed E-state index contributed by atoms with van der Waals surface area (Å²) < 4.78 is 0. The summed E-state index contributed by atoms with van der Waals surface area (Å²) in [5.41, 5.74) is 7.17. The summed E-state index contributed by atoms with van der Waals surface area (Å²) >= 11 is 0. The van der Waals surface area contributed by atoms with Crippen LogP contribution in [0.15, 0.2) is 18.2 Å². The zero-order chi connectivity index (χ0) is 9.42. The standard InChI is InChI=1S/C9H10N3O/c1-11-6-7-4-2-3-5-8(7)12(11)9(10)13/h3-5H,6H2,1H3,(H2,10,13). The second kappa shape index (κ2) is 2.74. The first-order chi connectivity index (χ1) is 6.20. The molecule has 0 bridgehead atoms. The zero-order valence-corrected chi connectivity index (χ0v) is 7.32. The van der Waals surface area contributed by atoms with E-state index in [2.05, 4.69) is 6.07 Å². The van der Waals surface area contributed by atoms with Crippen molar-refractivity contribution in [3.8, 4) is 0 Å². The summed E-state index contributed by atoms with van der Waals surface area (Å²) in [4.78, 5) is 11.1. The lowest BCUT2D eigenvalue weighted by Gasteiger charge is -2.21. The topological polar surface area (TPSA) is 49.6 Å². The highest BCUT2D eigenvalue weighted by molar-refractivity contribution is 5.91. The van der Waals surface area contributed by atoms with Gasteiger partial charge in [0.15, 0.2) is 0 Å². The molecule has 0 aromatic heterocycles. The van der Waals surface area contributed by atoms with Crippen molar-refractivity contribution in [2.45, 2.75) is 6.54 Å². The molecule has 4 nitrogen and oxygen atoms in total. The van der Waals surface area contributed by atoms with Crippen molar-refractivity contribution < 1.29 is 4.79 Å². The minimum absolute atomic E-state index is 0.451. The van der Waals surface area contributed by atoms with Crippen molar-refractivity contribution in [1.29, 1.82) is 0 Å². The minimum atomic E-state index is -0.451. The fraction of sp³-hybridized carbons (Fsp3) is 0.222. The van der Waals surface area contributed by atoms with E-state index in [1.54, 1.807) is 11.1 Å². The third kappa shape index (κ3) is 1.15. The van der Waals surface area contributed by atoms with E-state index in [9.17, 15) is 4.79 Å². The minimum Gasteiger partial charge on any atom is -0.350 e. The smallest absolute Gasteiger partial charge is 0.334 e. The lowest BCUT2D eigenvalue weighted by atomic mass is 10.2. The number of nitrogens with zero attached hydrogens (tertiary/aromatic N) is 2. The fourth-order valence-corrected chi connectivity index (χ4v) is 1.58. The maximum Gasteiger partial charge on any atom is 0.334 e. The molecule has 1 aliphatic heterocycles. The molecule has 0 aliphatic carbocycles. The predicted molar refractivity (Wildman–Crippen MR) is 48.8 cm³/mol. The molecule has 0 saturated carbocycles. The molecule has 0 saturated heterocycles. The lowest BCUT2D eigenvalue weighted by molar-refractivity contribution is 0.234. The number of anilines is 1. The third-order valence-electron chi connectivity index (χ3n) is 2.10. The van der Waals surface area contributed by atoms with Crippen molar-refractivity contribution in [2.24, 2.45) is 5.73 Å². The molecule has 0 unspecified atom stereocenters. The molecule has 67 valence electrons. The number of urea groups is 1. The summed E-state index contributed by atoms with van der Waals surface area (Å²) in [7, 11) is 1.82. The molecular formula is C9H10N3O. The van der Waals surface area contributed by atoms with Gasteiger partial charge in [0.1, 0.15) is 0 Å². The van der Waals surface area contributed by atoms with Crippen molar-refractivity contribution in [3.05, 3.63) is 29.8 Å². The van der Waals surface area contributed by atoms with Gasteiger partial charge in [0.2, 0.25) is 0 Å². The Labute approximate surface area is 76.5 Å². The molecule has 2 rings (SSSR count). The molecule has 4 heteroatoms. The summed E-state index contributed by atoms with van der Waals surface area (Å²) in [6.07, 6.45) is 0. The molecule has 13 heavy (non-hydrogen) atoms. The molecule has 2 amide bonds. The van der Waals surface area contributed by atoms with E-state index in [1.807, 2.05) is 19.2 Å². The normalized spacial score (nSPS) is 15.9. The van der Waals surface area contributed by atoms with Gasteiger partial charge in [0.25, 0.3) is 0 Å². The number of benzene rings is 1. The Bertz CT molecular complexity index is 350. The Balaban J connectivity index is 2.46. The van der Waals surface area contributed by atoms with E-state index in [0.717, 1.165) is 11.3 Å². The lowest BCUT2D eigenvalue weighted by Crippen LogP contribution is -2.43. The Kier molecular flexibility index (Phi) is 1.70. The second-order valence-corrected chi connectivity index (χ2v) is 3.02. The first-order valence-electron chi connectivity index (χ1n) is 4.00. The number of amides is 2. The number of hydrazine groups is 1. The Morgan fingerprint density at radius 1 is 1.69 bits per heavy atom. The van der Waals surface area contributed by atoms with E-state index in [0.29, 0.717) is 6.54 Å². The second-order valence-electron chi connectivity index (χ2n) is 3.02. The van der Waals surface area contributed by atoms with E-state index in [-0.39, 0.29) is 0 Å². The van der Waals surface area contributed by atoms with Crippen LogP contribution in [0.25, 0.3) is 0 Å². The molecule has 1 heterocycles. The first kappa shape index (κ1) is 8.07. The highest BCUT2D eigenvalue weighted by Crippen LogP contribution is 2.28. The van der Waals surface area contributed by atoms with Gasteiger partial charge >= 0.3 is 6.03 Å². The van der Waals surface area contributed by atoms with Crippen LogP contribution in [0.5, 0.6) is 0 Å². The van der Waals surface area contributed by atoms with Gasteiger partial charge in [-0.25, -0.2) is 14.8 Å². The number of carbonyl (C=O) groups excluding carboxylic acids is 1. The molecule has 1 aromatic rings. The average Bonchev–Trinajstić information content (AvgIpc) is 2.39. The molecule has 1 aliphatic rings. The van der Waals surface area contributed by atoms with E-state index < -0.39 is 6.03 Å². The Morgan fingerprint density at radius 2 is 2.46 bits per heavy atom. The Hall–Kier alpha value is -1.55. The van der Waals surface area contributed by atoms with Crippen LogP contribution in [0.3, 0.4) is 0 Å². The maximum atomic E-state index is 11.1. The summed E-state index contributed by atoms with van der Waals surface area (Å²) in [5.74, 6) is 0. The third-order valence-corrected chi connectivity index (χ3v) is 2.10. The van der Waals surface area contributed by atoms with Crippen LogP contribution in [0.4, 0.5) is 10.5 Å². The maximum absolute atomic E-state index is 11.1.